The first-order valence-corrected chi connectivity index (χ1v) is 6.15. The molecule has 0 bridgehead atoms. The number of fused-ring (bicyclic) bond motifs is 1. The molecule has 17 heavy (non-hydrogen) atoms. The molecule has 1 atom stereocenters. The molecule has 6 heteroatoms. The van der Waals surface area contributed by atoms with Crippen LogP contribution in [0.4, 0.5) is 5.82 Å². The van der Waals surface area contributed by atoms with Crippen LogP contribution in [0.2, 0.25) is 0 Å². The molecule has 90 valence electrons. The Balaban J connectivity index is 1.74. The molecule has 2 heterocycles. The fourth-order valence-electron chi connectivity index (χ4n) is 2.54. The summed E-state index contributed by atoms with van der Waals surface area (Å²) in [4.78, 5) is 0. The molecule has 2 aromatic rings. The van der Waals surface area contributed by atoms with Gasteiger partial charge in [-0.05, 0) is 48.2 Å². The van der Waals surface area contributed by atoms with Gasteiger partial charge in [0.1, 0.15) is 5.82 Å². The Bertz CT molecular complexity index is 501. The SMILES string of the molecule is CC(Nc1ccc2nnnn2n1)C1CCCC1. The molecule has 1 unspecified atom stereocenters. The first kappa shape index (κ1) is 10.4. The van der Waals surface area contributed by atoms with E-state index < -0.39 is 0 Å². The van der Waals surface area contributed by atoms with Crippen molar-refractivity contribution in [3.63, 3.8) is 0 Å². The summed E-state index contributed by atoms with van der Waals surface area (Å²) >= 11 is 0. The molecular formula is C11H16N6. The summed E-state index contributed by atoms with van der Waals surface area (Å²) in [5.74, 6) is 1.60. The lowest BCUT2D eigenvalue weighted by atomic mass is 10.00. The molecule has 3 rings (SSSR count). The van der Waals surface area contributed by atoms with Crippen molar-refractivity contribution in [2.45, 2.75) is 38.6 Å². The average Bonchev–Trinajstić information content (AvgIpc) is 2.99. The highest BCUT2D eigenvalue weighted by Crippen LogP contribution is 2.28. The maximum Gasteiger partial charge on any atom is 0.200 e. The molecule has 0 saturated heterocycles. The molecule has 1 N–H and O–H groups in total. The van der Waals surface area contributed by atoms with Crippen molar-refractivity contribution >= 4 is 11.5 Å². The van der Waals surface area contributed by atoms with E-state index in [1.165, 1.54) is 30.3 Å². The van der Waals surface area contributed by atoms with Crippen molar-refractivity contribution < 1.29 is 0 Å². The maximum absolute atomic E-state index is 4.32. The molecule has 2 aromatic heterocycles. The van der Waals surface area contributed by atoms with Gasteiger partial charge >= 0.3 is 0 Å². The number of rotatable bonds is 3. The van der Waals surface area contributed by atoms with E-state index >= 15 is 0 Å². The van der Waals surface area contributed by atoms with E-state index in [9.17, 15) is 0 Å². The lowest BCUT2D eigenvalue weighted by molar-refractivity contribution is 0.480. The van der Waals surface area contributed by atoms with Gasteiger partial charge in [-0.1, -0.05) is 12.8 Å². The minimum Gasteiger partial charge on any atom is -0.366 e. The van der Waals surface area contributed by atoms with E-state index in [4.69, 9.17) is 0 Å². The van der Waals surface area contributed by atoms with Crippen LogP contribution < -0.4 is 5.32 Å². The first-order chi connectivity index (χ1) is 8.33. The Hall–Kier alpha value is -1.72. The van der Waals surface area contributed by atoms with Crippen molar-refractivity contribution in [1.29, 1.82) is 0 Å². The molecule has 0 radical (unpaired) electrons. The second-order valence-corrected chi connectivity index (χ2v) is 4.72. The van der Waals surface area contributed by atoms with Crippen LogP contribution in [-0.4, -0.2) is 31.3 Å². The predicted molar refractivity (Wildman–Crippen MR) is 63.6 cm³/mol. The zero-order valence-electron chi connectivity index (χ0n) is 9.87. The van der Waals surface area contributed by atoms with E-state index in [2.05, 4.69) is 32.9 Å². The van der Waals surface area contributed by atoms with Crippen molar-refractivity contribution in [1.82, 2.24) is 25.3 Å². The zero-order chi connectivity index (χ0) is 11.7. The predicted octanol–water partition coefficient (Wildman–Crippen LogP) is 1.51. The molecule has 0 amide bonds. The quantitative estimate of drug-likeness (QED) is 0.868. The van der Waals surface area contributed by atoms with Gasteiger partial charge in [-0.2, -0.15) is 0 Å². The third-order valence-electron chi connectivity index (χ3n) is 3.55. The number of tetrazole rings is 1. The highest BCUT2D eigenvalue weighted by Gasteiger charge is 2.21. The van der Waals surface area contributed by atoms with Gasteiger partial charge in [0.05, 0.1) is 0 Å². The summed E-state index contributed by atoms with van der Waals surface area (Å²) in [6.07, 6.45) is 5.36. The van der Waals surface area contributed by atoms with Gasteiger partial charge in [-0.15, -0.1) is 14.8 Å². The van der Waals surface area contributed by atoms with E-state index in [0.717, 1.165) is 11.7 Å². The van der Waals surface area contributed by atoms with E-state index in [-0.39, 0.29) is 0 Å². The summed E-state index contributed by atoms with van der Waals surface area (Å²) in [5, 5.41) is 18.9. The topological polar surface area (TPSA) is 68.0 Å². The number of nitrogens with zero attached hydrogens (tertiary/aromatic N) is 5. The molecular weight excluding hydrogens is 216 g/mol. The average molecular weight is 232 g/mol. The summed E-state index contributed by atoms with van der Waals surface area (Å²) in [6.45, 7) is 2.22. The van der Waals surface area contributed by atoms with Crippen LogP contribution in [0.1, 0.15) is 32.6 Å². The molecule has 1 saturated carbocycles. The highest BCUT2D eigenvalue weighted by molar-refractivity contribution is 5.42. The third kappa shape index (κ3) is 2.07. The molecule has 0 aromatic carbocycles. The fourth-order valence-corrected chi connectivity index (χ4v) is 2.54. The Morgan fingerprint density at radius 1 is 1.35 bits per heavy atom. The summed E-state index contributed by atoms with van der Waals surface area (Å²) in [7, 11) is 0. The lowest BCUT2D eigenvalue weighted by Gasteiger charge is -2.20. The van der Waals surface area contributed by atoms with Crippen molar-refractivity contribution in [3.05, 3.63) is 12.1 Å². The smallest absolute Gasteiger partial charge is 0.200 e. The number of nitrogens with one attached hydrogen (secondary N) is 1. The minimum atomic E-state index is 0.457. The van der Waals surface area contributed by atoms with Crippen molar-refractivity contribution in [3.8, 4) is 0 Å². The van der Waals surface area contributed by atoms with Crippen molar-refractivity contribution in [2.24, 2.45) is 5.92 Å². The molecule has 0 spiro atoms. The molecule has 1 aliphatic rings. The largest absolute Gasteiger partial charge is 0.366 e. The number of anilines is 1. The van der Waals surface area contributed by atoms with Crippen LogP contribution in [-0.2, 0) is 0 Å². The van der Waals surface area contributed by atoms with Gasteiger partial charge in [-0.25, -0.2) is 0 Å². The lowest BCUT2D eigenvalue weighted by Crippen LogP contribution is -2.24. The van der Waals surface area contributed by atoms with Crippen LogP contribution in [0.25, 0.3) is 5.65 Å². The van der Waals surface area contributed by atoms with E-state index in [0.29, 0.717) is 11.7 Å². The Morgan fingerprint density at radius 3 is 3.00 bits per heavy atom. The van der Waals surface area contributed by atoms with Gasteiger partial charge in [-0.3, -0.25) is 0 Å². The molecule has 1 fully saturated rings. The van der Waals surface area contributed by atoms with Gasteiger partial charge in [0, 0.05) is 6.04 Å². The molecule has 0 aliphatic heterocycles. The zero-order valence-corrected chi connectivity index (χ0v) is 9.87. The van der Waals surface area contributed by atoms with Crippen LogP contribution in [0, 0.1) is 5.92 Å². The summed E-state index contributed by atoms with van der Waals surface area (Å²) in [6, 6.07) is 4.26. The second-order valence-electron chi connectivity index (χ2n) is 4.72. The monoisotopic (exact) mass is 232 g/mol. The van der Waals surface area contributed by atoms with Gasteiger partial charge in [0.15, 0.2) is 5.65 Å². The third-order valence-corrected chi connectivity index (χ3v) is 3.55. The van der Waals surface area contributed by atoms with Crippen LogP contribution in [0.15, 0.2) is 12.1 Å². The van der Waals surface area contributed by atoms with Gasteiger partial charge in [0.2, 0.25) is 0 Å². The van der Waals surface area contributed by atoms with Gasteiger partial charge in [0.25, 0.3) is 0 Å². The molecule has 6 nitrogen and oxygen atoms in total. The van der Waals surface area contributed by atoms with Crippen LogP contribution in [0.5, 0.6) is 0 Å². The minimum absolute atomic E-state index is 0.457. The Kier molecular flexibility index (Phi) is 2.62. The summed E-state index contributed by atoms with van der Waals surface area (Å²) < 4.78 is 1.45. The summed E-state index contributed by atoms with van der Waals surface area (Å²) in [5.41, 5.74) is 0.670. The Labute approximate surface area is 99.4 Å². The standard InChI is InChI=1S/C11H16N6/c1-8(9-4-2-3-5-9)12-10-6-7-11-13-15-16-17(11)14-10/h6-9H,2-5H2,1H3,(H,12,14). The first-order valence-electron chi connectivity index (χ1n) is 6.15. The normalized spacial score (nSPS) is 18.6. The number of hydrogen-bond donors (Lipinski definition) is 1. The van der Waals surface area contributed by atoms with Crippen LogP contribution in [0.3, 0.4) is 0 Å². The van der Waals surface area contributed by atoms with Crippen molar-refractivity contribution in [2.75, 3.05) is 5.32 Å². The van der Waals surface area contributed by atoms with E-state index in [1.807, 2.05) is 12.1 Å². The maximum atomic E-state index is 4.32. The van der Waals surface area contributed by atoms with Gasteiger partial charge < -0.3 is 5.32 Å². The van der Waals surface area contributed by atoms with E-state index in [1.54, 1.807) is 0 Å². The number of hydrogen-bond acceptors (Lipinski definition) is 5. The second kappa shape index (κ2) is 4.27. The fraction of sp³-hybridized carbons (Fsp3) is 0.636. The Morgan fingerprint density at radius 2 is 2.18 bits per heavy atom. The van der Waals surface area contributed by atoms with Crippen LogP contribution >= 0.6 is 0 Å². The number of aromatic nitrogens is 5. The molecule has 1 aliphatic carbocycles. The highest BCUT2D eigenvalue weighted by atomic mass is 15.6.